The molecule has 0 saturated carbocycles. The summed E-state index contributed by atoms with van der Waals surface area (Å²) in [4.78, 5) is 22.5. The molecular weight excluding hydrogens is 433 g/mol. The molecule has 1 aromatic heterocycles. The molecule has 1 aromatic carbocycles. The van der Waals surface area contributed by atoms with Gasteiger partial charge in [-0.15, -0.1) is 11.3 Å². The number of hydrazone groups is 1. The molecule has 2 rings (SSSR count). The van der Waals surface area contributed by atoms with Crippen LogP contribution in [-0.4, -0.2) is 23.1 Å². The van der Waals surface area contributed by atoms with Gasteiger partial charge in [0.1, 0.15) is 5.75 Å². The molecule has 0 aliphatic heterocycles. The van der Waals surface area contributed by atoms with Crippen molar-refractivity contribution >= 4 is 51.2 Å². The summed E-state index contributed by atoms with van der Waals surface area (Å²) in [5.74, 6) is 0.184. The minimum absolute atomic E-state index is 0.00733. The van der Waals surface area contributed by atoms with Gasteiger partial charge in [-0.25, -0.2) is 5.43 Å². The van der Waals surface area contributed by atoms with E-state index in [4.69, 9.17) is 4.74 Å². The lowest BCUT2D eigenvalue weighted by Crippen LogP contribution is -2.25. The average molecular weight is 445 g/mol. The number of carbonyl (C=O) groups excluding carboxylic acids is 1. The first kappa shape index (κ1) is 17.3. The van der Waals surface area contributed by atoms with Gasteiger partial charge < -0.3 is 4.74 Å². The van der Waals surface area contributed by atoms with Crippen LogP contribution in [0.4, 0.5) is 5.69 Å². The highest BCUT2D eigenvalue weighted by Crippen LogP contribution is 2.21. The number of carbonyl (C=O) groups is 1. The van der Waals surface area contributed by atoms with Gasteiger partial charge in [-0.1, -0.05) is 0 Å². The van der Waals surface area contributed by atoms with Crippen molar-refractivity contribution < 1.29 is 14.5 Å². The van der Waals surface area contributed by atoms with Crippen molar-refractivity contribution in [3.8, 4) is 5.75 Å². The molecule has 0 saturated heterocycles. The number of halogens is 1. The molecule has 0 unspecified atom stereocenters. The lowest BCUT2D eigenvalue weighted by Gasteiger charge is -2.05. The Morgan fingerprint density at radius 2 is 2.13 bits per heavy atom. The van der Waals surface area contributed by atoms with Gasteiger partial charge in [0.15, 0.2) is 6.61 Å². The van der Waals surface area contributed by atoms with Gasteiger partial charge in [-0.05, 0) is 53.8 Å². The van der Waals surface area contributed by atoms with Crippen LogP contribution in [0.5, 0.6) is 5.75 Å². The molecule has 0 bridgehead atoms. The number of hydrogen-bond acceptors (Lipinski definition) is 6. The van der Waals surface area contributed by atoms with E-state index in [2.05, 4.69) is 33.1 Å². The van der Waals surface area contributed by atoms with E-state index in [1.165, 1.54) is 22.8 Å². The molecule has 1 heterocycles. The molecule has 0 radical (unpaired) electrons. The van der Waals surface area contributed by atoms with E-state index < -0.39 is 10.8 Å². The molecule has 0 fully saturated rings. The number of hydrogen-bond donors (Lipinski definition) is 1. The van der Waals surface area contributed by atoms with E-state index in [9.17, 15) is 14.9 Å². The average Bonchev–Trinajstić information content (AvgIpc) is 3.02. The van der Waals surface area contributed by atoms with Crippen LogP contribution >= 0.6 is 33.9 Å². The van der Waals surface area contributed by atoms with E-state index in [0.717, 1.165) is 3.57 Å². The summed E-state index contributed by atoms with van der Waals surface area (Å²) < 4.78 is 6.40. The third kappa shape index (κ3) is 5.28. The zero-order valence-electron chi connectivity index (χ0n) is 12.0. The highest BCUT2D eigenvalue weighted by atomic mass is 127. The van der Waals surface area contributed by atoms with Crippen molar-refractivity contribution in [2.45, 2.75) is 6.92 Å². The van der Waals surface area contributed by atoms with Gasteiger partial charge >= 0.3 is 0 Å². The third-order valence-electron chi connectivity index (χ3n) is 2.68. The quantitative estimate of drug-likeness (QED) is 0.320. The monoisotopic (exact) mass is 445 g/mol. The van der Waals surface area contributed by atoms with Crippen molar-refractivity contribution in [2.75, 3.05) is 6.61 Å². The third-order valence-corrected chi connectivity index (χ3v) is 4.43. The first-order valence-electron chi connectivity index (χ1n) is 6.40. The van der Waals surface area contributed by atoms with Gasteiger partial charge in [-0.2, -0.15) is 5.10 Å². The maximum atomic E-state index is 11.7. The fraction of sp³-hybridized carbons (Fsp3) is 0.143. The Bertz CT molecular complexity index is 743. The minimum atomic E-state index is -0.471. The molecule has 9 heteroatoms. The van der Waals surface area contributed by atoms with Crippen LogP contribution in [0.2, 0.25) is 0 Å². The second kappa shape index (κ2) is 8.02. The predicted molar refractivity (Wildman–Crippen MR) is 96.0 cm³/mol. The second-order valence-corrected chi connectivity index (χ2v) is 6.56. The lowest BCUT2D eigenvalue weighted by molar-refractivity contribution is -0.384. The van der Waals surface area contributed by atoms with Crippen molar-refractivity contribution in [1.29, 1.82) is 0 Å². The normalized spacial score (nSPS) is 11.1. The van der Waals surface area contributed by atoms with Crippen molar-refractivity contribution in [2.24, 2.45) is 5.10 Å². The van der Waals surface area contributed by atoms with Crippen LogP contribution in [0, 0.1) is 13.7 Å². The molecule has 120 valence electrons. The standard InChI is InChI=1S/C14H12IN3O4S/c1-9(13-6-11(8-23-13)18(20)21)16-17-14(19)7-22-12-4-2-10(15)3-5-12/h2-6,8H,7H2,1H3,(H,17,19)/b16-9+. The fourth-order valence-corrected chi connectivity index (χ4v) is 2.69. The smallest absolute Gasteiger partial charge is 0.280 e. The highest BCUT2D eigenvalue weighted by Gasteiger charge is 2.11. The van der Waals surface area contributed by atoms with Gasteiger partial charge in [0.25, 0.3) is 11.6 Å². The number of rotatable bonds is 6. The minimum Gasteiger partial charge on any atom is -0.484 e. The topological polar surface area (TPSA) is 93.8 Å². The summed E-state index contributed by atoms with van der Waals surface area (Å²) in [6, 6.07) is 8.71. The van der Waals surface area contributed by atoms with Crippen LogP contribution < -0.4 is 10.2 Å². The largest absolute Gasteiger partial charge is 0.484 e. The zero-order chi connectivity index (χ0) is 16.8. The van der Waals surface area contributed by atoms with E-state index in [1.54, 1.807) is 19.1 Å². The van der Waals surface area contributed by atoms with Gasteiger partial charge in [0.05, 0.1) is 20.9 Å². The van der Waals surface area contributed by atoms with Gasteiger partial charge in [0.2, 0.25) is 0 Å². The van der Waals surface area contributed by atoms with E-state index >= 15 is 0 Å². The van der Waals surface area contributed by atoms with Gasteiger partial charge in [-0.3, -0.25) is 14.9 Å². The summed E-state index contributed by atoms with van der Waals surface area (Å²) in [5, 5.41) is 16.0. The van der Waals surface area contributed by atoms with E-state index in [-0.39, 0.29) is 12.3 Å². The molecule has 23 heavy (non-hydrogen) atoms. The summed E-state index contributed by atoms with van der Waals surface area (Å²) in [6.45, 7) is 1.50. The van der Waals surface area contributed by atoms with Crippen LogP contribution in [0.3, 0.4) is 0 Å². The van der Waals surface area contributed by atoms with Crippen LogP contribution in [0.25, 0.3) is 0 Å². The fourth-order valence-electron chi connectivity index (χ4n) is 1.52. The Kier molecular flexibility index (Phi) is 6.04. The van der Waals surface area contributed by atoms with Crippen LogP contribution in [-0.2, 0) is 4.79 Å². The molecule has 2 aromatic rings. The highest BCUT2D eigenvalue weighted by molar-refractivity contribution is 14.1. The summed E-state index contributed by atoms with van der Waals surface area (Å²) in [7, 11) is 0. The molecule has 0 aliphatic carbocycles. The van der Waals surface area contributed by atoms with E-state index in [1.807, 2.05) is 12.1 Å². The Morgan fingerprint density at radius 3 is 2.74 bits per heavy atom. The first-order chi connectivity index (χ1) is 11.0. The number of thiophene rings is 1. The first-order valence-corrected chi connectivity index (χ1v) is 8.36. The van der Waals surface area contributed by atoms with Crippen LogP contribution in [0.15, 0.2) is 40.8 Å². The zero-order valence-corrected chi connectivity index (χ0v) is 15.0. The molecular formula is C14H12IN3O4S. The molecule has 1 amide bonds. The number of amides is 1. The lowest BCUT2D eigenvalue weighted by atomic mass is 10.3. The summed E-state index contributed by atoms with van der Waals surface area (Å²) in [5.41, 5.74) is 2.86. The molecule has 0 spiro atoms. The Hall–Kier alpha value is -2.01. The number of ether oxygens (including phenoxy) is 1. The van der Waals surface area contributed by atoms with Crippen molar-refractivity contribution in [3.63, 3.8) is 0 Å². The second-order valence-electron chi connectivity index (χ2n) is 4.40. The van der Waals surface area contributed by atoms with E-state index in [0.29, 0.717) is 16.3 Å². The van der Waals surface area contributed by atoms with Crippen molar-refractivity contribution in [3.05, 3.63) is 54.3 Å². The van der Waals surface area contributed by atoms with Crippen LogP contribution in [0.1, 0.15) is 11.8 Å². The number of nitrogens with zero attached hydrogens (tertiary/aromatic N) is 2. The Balaban J connectivity index is 1.86. The number of benzene rings is 1. The summed E-state index contributed by atoms with van der Waals surface area (Å²) >= 11 is 3.37. The molecule has 0 atom stereocenters. The van der Waals surface area contributed by atoms with Gasteiger partial charge in [0, 0.05) is 9.64 Å². The molecule has 0 aliphatic rings. The molecule has 1 N–H and O–H groups in total. The predicted octanol–water partition coefficient (Wildman–Crippen LogP) is 3.18. The maximum absolute atomic E-state index is 11.7. The molecule has 7 nitrogen and oxygen atoms in total. The number of nitro groups is 1. The SMILES string of the molecule is C/C(=N\NC(=O)COc1ccc(I)cc1)c1cc([N+](=O)[O-])cs1. The summed E-state index contributed by atoms with van der Waals surface area (Å²) in [6.07, 6.45) is 0. The maximum Gasteiger partial charge on any atom is 0.280 e. The van der Waals surface area contributed by atoms with Crippen molar-refractivity contribution in [1.82, 2.24) is 5.43 Å². The Morgan fingerprint density at radius 1 is 1.43 bits per heavy atom. The Labute approximate surface area is 149 Å². The number of nitrogens with one attached hydrogen (secondary N) is 1.